The fourth-order valence-electron chi connectivity index (χ4n) is 1.52. The van der Waals surface area contributed by atoms with Gasteiger partial charge in [0.15, 0.2) is 0 Å². The van der Waals surface area contributed by atoms with E-state index in [1.54, 1.807) is 44.1 Å². The summed E-state index contributed by atoms with van der Waals surface area (Å²) >= 11 is 5.86. The lowest BCUT2D eigenvalue weighted by atomic mass is 10.2. The van der Waals surface area contributed by atoms with Crippen LogP contribution in [0.1, 0.15) is 6.92 Å². The number of carbonyl (C=O) groups excluding carboxylic acids is 2. The van der Waals surface area contributed by atoms with Crippen molar-refractivity contribution in [3.63, 3.8) is 0 Å². The first kappa shape index (κ1) is 16.3. The Morgan fingerprint density at radius 1 is 1.45 bits per heavy atom. The van der Waals surface area contributed by atoms with E-state index in [0.717, 1.165) is 0 Å². The number of amides is 2. The number of rotatable bonds is 5. The predicted molar refractivity (Wildman–Crippen MR) is 80.7 cm³/mol. The molecule has 0 aliphatic heterocycles. The molecule has 0 saturated heterocycles. The monoisotopic (exact) mass is 298 g/mol. The number of nitrogens with one attached hydrogen (secondary N) is 2. The van der Waals surface area contributed by atoms with Gasteiger partial charge in [-0.2, -0.15) is 0 Å². The minimum absolute atomic E-state index is 0.135. The van der Waals surface area contributed by atoms with Gasteiger partial charge in [-0.25, -0.2) is 0 Å². The molecule has 1 aromatic carbocycles. The molecule has 1 atom stereocenters. The van der Waals surface area contributed by atoms with E-state index in [-0.39, 0.29) is 18.4 Å². The molecule has 0 aliphatic rings. The summed E-state index contributed by atoms with van der Waals surface area (Å²) in [7, 11) is 3.24. The zero-order valence-electron chi connectivity index (χ0n) is 11.7. The largest absolute Gasteiger partial charge is 0.397 e. The van der Waals surface area contributed by atoms with Crippen LogP contribution in [0.15, 0.2) is 18.2 Å². The van der Waals surface area contributed by atoms with Crippen LogP contribution in [0.5, 0.6) is 0 Å². The van der Waals surface area contributed by atoms with Crippen molar-refractivity contribution in [2.45, 2.75) is 13.0 Å². The quantitative estimate of drug-likeness (QED) is 0.706. The average Bonchev–Trinajstić information content (AvgIpc) is 2.41. The van der Waals surface area contributed by atoms with Crippen molar-refractivity contribution in [2.75, 3.05) is 31.7 Å². The zero-order chi connectivity index (χ0) is 15.3. The van der Waals surface area contributed by atoms with E-state index < -0.39 is 6.04 Å². The lowest BCUT2D eigenvalue weighted by Crippen LogP contribution is -2.44. The Morgan fingerprint density at radius 3 is 2.70 bits per heavy atom. The number of carbonyl (C=O) groups is 2. The first-order chi connectivity index (χ1) is 9.35. The SMILES string of the molecule is CNC(=O)CN(C)C(C)C(=O)Nc1cc(Cl)ccc1N. The number of hydrogen-bond acceptors (Lipinski definition) is 4. The van der Waals surface area contributed by atoms with Crippen LogP contribution in [0.3, 0.4) is 0 Å². The minimum atomic E-state index is -0.481. The molecule has 0 aliphatic carbocycles. The molecule has 1 aromatic rings. The molecule has 0 heterocycles. The van der Waals surface area contributed by atoms with Gasteiger partial charge in [0, 0.05) is 12.1 Å². The molecule has 2 amide bonds. The minimum Gasteiger partial charge on any atom is -0.397 e. The van der Waals surface area contributed by atoms with Crippen LogP contribution in [0, 0.1) is 0 Å². The van der Waals surface area contributed by atoms with Crippen molar-refractivity contribution in [2.24, 2.45) is 0 Å². The van der Waals surface area contributed by atoms with Crippen LogP contribution in [-0.4, -0.2) is 43.4 Å². The molecule has 0 spiro atoms. The van der Waals surface area contributed by atoms with Crippen molar-refractivity contribution in [3.8, 4) is 0 Å². The number of anilines is 2. The molecule has 0 radical (unpaired) electrons. The summed E-state index contributed by atoms with van der Waals surface area (Å²) in [5.74, 6) is -0.417. The number of nitrogens with two attached hydrogens (primary N) is 1. The fraction of sp³-hybridized carbons (Fsp3) is 0.385. The van der Waals surface area contributed by atoms with Gasteiger partial charge in [-0.05, 0) is 32.2 Å². The second-order valence-corrected chi connectivity index (χ2v) is 4.92. The molecule has 0 fully saturated rings. The Labute approximate surface area is 123 Å². The van der Waals surface area contributed by atoms with E-state index in [9.17, 15) is 9.59 Å². The van der Waals surface area contributed by atoms with E-state index in [4.69, 9.17) is 17.3 Å². The molecule has 110 valence electrons. The Morgan fingerprint density at radius 2 is 2.10 bits per heavy atom. The highest BCUT2D eigenvalue weighted by atomic mass is 35.5. The smallest absolute Gasteiger partial charge is 0.241 e. The molecule has 0 aromatic heterocycles. The van der Waals surface area contributed by atoms with Crippen LogP contribution in [0.4, 0.5) is 11.4 Å². The average molecular weight is 299 g/mol. The summed E-state index contributed by atoms with van der Waals surface area (Å²) in [6, 6.07) is 4.37. The zero-order valence-corrected chi connectivity index (χ0v) is 12.5. The Balaban J connectivity index is 2.70. The Bertz CT molecular complexity index is 507. The molecule has 0 bridgehead atoms. The van der Waals surface area contributed by atoms with Gasteiger partial charge in [0.25, 0.3) is 0 Å². The van der Waals surface area contributed by atoms with Gasteiger partial charge < -0.3 is 16.4 Å². The highest BCUT2D eigenvalue weighted by Gasteiger charge is 2.20. The van der Waals surface area contributed by atoms with Crippen LogP contribution in [0.2, 0.25) is 5.02 Å². The Hall–Kier alpha value is -1.79. The number of nitrogens with zero attached hydrogens (tertiary/aromatic N) is 1. The topological polar surface area (TPSA) is 87.5 Å². The second-order valence-electron chi connectivity index (χ2n) is 4.49. The lowest BCUT2D eigenvalue weighted by molar-refractivity contribution is -0.124. The Kier molecular flexibility index (Phi) is 5.79. The molecular formula is C13H19ClN4O2. The number of likely N-dealkylation sites (N-methyl/N-ethyl adjacent to an activating group) is 2. The van der Waals surface area contributed by atoms with Gasteiger partial charge in [0.1, 0.15) is 0 Å². The summed E-state index contributed by atoms with van der Waals surface area (Å²) < 4.78 is 0. The third-order valence-electron chi connectivity index (χ3n) is 2.99. The number of halogens is 1. The van der Waals surface area contributed by atoms with E-state index in [1.165, 1.54) is 0 Å². The summed E-state index contributed by atoms with van der Waals surface area (Å²) in [6.45, 7) is 1.84. The number of hydrogen-bond donors (Lipinski definition) is 3. The third kappa shape index (κ3) is 4.40. The predicted octanol–water partition coefficient (Wildman–Crippen LogP) is 0.927. The highest BCUT2D eigenvalue weighted by Crippen LogP contribution is 2.23. The van der Waals surface area contributed by atoms with E-state index in [1.807, 2.05) is 0 Å². The van der Waals surface area contributed by atoms with Crippen molar-refractivity contribution in [3.05, 3.63) is 23.2 Å². The van der Waals surface area contributed by atoms with Crippen LogP contribution >= 0.6 is 11.6 Å². The molecule has 4 N–H and O–H groups in total. The van der Waals surface area contributed by atoms with Crippen molar-refractivity contribution < 1.29 is 9.59 Å². The van der Waals surface area contributed by atoms with E-state index >= 15 is 0 Å². The molecule has 1 rings (SSSR count). The molecule has 7 heteroatoms. The molecule has 20 heavy (non-hydrogen) atoms. The normalized spacial score (nSPS) is 12.1. The molecule has 0 saturated carbocycles. The lowest BCUT2D eigenvalue weighted by Gasteiger charge is -2.23. The molecule has 6 nitrogen and oxygen atoms in total. The van der Waals surface area contributed by atoms with E-state index in [0.29, 0.717) is 16.4 Å². The van der Waals surface area contributed by atoms with Gasteiger partial charge in [-0.15, -0.1) is 0 Å². The standard InChI is InChI=1S/C13H19ClN4O2/c1-8(18(3)7-12(19)16-2)13(20)17-11-6-9(14)4-5-10(11)15/h4-6,8H,7,15H2,1-3H3,(H,16,19)(H,17,20). The van der Waals surface area contributed by atoms with Gasteiger partial charge >= 0.3 is 0 Å². The second kappa shape index (κ2) is 7.12. The summed E-state index contributed by atoms with van der Waals surface area (Å²) in [5.41, 5.74) is 6.66. The highest BCUT2D eigenvalue weighted by molar-refractivity contribution is 6.31. The molecule has 1 unspecified atom stereocenters. The summed E-state index contributed by atoms with van der Waals surface area (Å²) in [5, 5.41) is 5.69. The summed E-state index contributed by atoms with van der Waals surface area (Å²) in [6.07, 6.45) is 0. The van der Waals surface area contributed by atoms with Gasteiger partial charge in [-0.1, -0.05) is 11.6 Å². The van der Waals surface area contributed by atoms with Gasteiger partial charge in [0.2, 0.25) is 11.8 Å². The maximum absolute atomic E-state index is 12.1. The molecular weight excluding hydrogens is 280 g/mol. The number of nitrogen functional groups attached to an aromatic ring is 1. The first-order valence-corrected chi connectivity index (χ1v) is 6.49. The first-order valence-electron chi connectivity index (χ1n) is 6.12. The summed E-state index contributed by atoms with van der Waals surface area (Å²) in [4.78, 5) is 25.0. The van der Waals surface area contributed by atoms with Crippen molar-refractivity contribution in [1.82, 2.24) is 10.2 Å². The van der Waals surface area contributed by atoms with Gasteiger partial charge in [0.05, 0.1) is 24.0 Å². The van der Waals surface area contributed by atoms with E-state index in [2.05, 4.69) is 10.6 Å². The third-order valence-corrected chi connectivity index (χ3v) is 3.22. The van der Waals surface area contributed by atoms with Crippen LogP contribution in [0.25, 0.3) is 0 Å². The fourth-order valence-corrected chi connectivity index (χ4v) is 1.69. The number of benzene rings is 1. The van der Waals surface area contributed by atoms with Crippen LogP contribution < -0.4 is 16.4 Å². The van der Waals surface area contributed by atoms with Gasteiger partial charge in [-0.3, -0.25) is 14.5 Å². The van der Waals surface area contributed by atoms with Crippen molar-refractivity contribution >= 4 is 34.8 Å². The van der Waals surface area contributed by atoms with Crippen LogP contribution in [-0.2, 0) is 9.59 Å². The van der Waals surface area contributed by atoms with Crippen molar-refractivity contribution in [1.29, 1.82) is 0 Å². The maximum Gasteiger partial charge on any atom is 0.241 e. The maximum atomic E-state index is 12.1.